The van der Waals surface area contributed by atoms with Crippen molar-refractivity contribution in [3.05, 3.63) is 11.1 Å². The van der Waals surface area contributed by atoms with Crippen LogP contribution in [0.25, 0.3) is 0 Å². The van der Waals surface area contributed by atoms with E-state index in [9.17, 15) is 9.59 Å². The van der Waals surface area contributed by atoms with E-state index in [2.05, 4.69) is 9.88 Å². The van der Waals surface area contributed by atoms with Gasteiger partial charge in [0.15, 0.2) is 10.2 Å². The van der Waals surface area contributed by atoms with Crippen LogP contribution in [-0.2, 0) is 4.79 Å². The van der Waals surface area contributed by atoms with Crippen molar-refractivity contribution >= 4 is 39.3 Å². The number of hydrogen-bond acceptors (Lipinski definition) is 6. The number of thioether (sulfide) groups is 1. The van der Waals surface area contributed by atoms with Gasteiger partial charge in [-0.1, -0.05) is 11.8 Å². The summed E-state index contributed by atoms with van der Waals surface area (Å²) in [5.74, 6) is -0.499. The van der Waals surface area contributed by atoms with Crippen LogP contribution in [0, 0.1) is 0 Å². The Hall–Kier alpha value is -1.08. The number of aromatic nitrogens is 1. The van der Waals surface area contributed by atoms with Gasteiger partial charge in [0.2, 0.25) is 0 Å². The lowest BCUT2D eigenvalue weighted by atomic mass is 10.4. The summed E-state index contributed by atoms with van der Waals surface area (Å²) in [6.45, 7) is 3.26. The molecular formula is C10H13N3O2S2. The maximum Gasteiger partial charge on any atom is 0.268 e. The van der Waals surface area contributed by atoms with E-state index in [1.165, 1.54) is 23.1 Å². The summed E-state index contributed by atoms with van der Waals surface area (Å²) in [4.78, 5) is 28.2. The van der Waals surface area contributed by atoms with Gasteiger partial charge in [-0.3, -0.25) is 9.59 Å². The Balaban J connectivity index is 1.99. The molecule has 7 heteroatoms. The van der Waals surface area contributed by atoms with Gasteiger partial charge in [0.25, 0.3) is 5.91 Å². The largest absolute Gasteiger partial charge is 0.364 e. The Bertz CT molecular complexity index is 447. The van der Waals surface area contributed by atoms with E-state index < -0.39 is 5.91 Å². The van der Waals surface area contributed by atoms with Crippen LogP contribution in [-0.4, -0.2) is 34.3 Å². The summed E-state index contributed by atoms with van der Waals surface area (Å²) in [5.41, 5.74) is 5.47. The third kappa shape index (κ3) is 2.98. The molecule has 1 fully saturated rings. The lowest BCUT2D eigenvalue weighted by molar-refractivity contribution is -0.109. The molecule has 2 rings (SSSR count). The van der Waals surface area contributed by atoms with Crippen LogP contribution in [0.4, 0.5) is 5.13 Å². The molecular weight excluding hydrogens is 258 g/mol. The summed E-state index contributed by atoms with van der Waals surface area (Å²) in [6, 6.07) is 0. The lowest BCUT2D eigenvalue weighted by Gasteiger charge is -2.13. The molecule has 1 aromatic rings. The molecule has 2 N–H and O–H groups in total. The Morgan fingerprint density at radius 2 is 2.41 bits per heavy atom. The molecule has 0 unspecified atom stereocenters. The minimum Gasteiger partial charge on any atom is -0.364 e. The minimum atomic E-state index is -0.499. The Labute approximate surface area is 107 Å². The van der Waals surface area contributed by atoms with Crippen molar-refractivity contribution in [1.82, 2.24) is 4.98 Å². The Morgan fingerprint density at radius 3 is 3.00 bits per heavy atom. The average molecular weight is 271 g/mol. The van der Waals surface area contributed by atoms with E-state index >= 15 is 0 Å². The number of amides is 1. The monoisotopic (exact) mass is 271 g/mol. The van der Waals surface area contributed by atoms with Crippen LogP contribution < -0.4 is 10.6 Å². The lowest BCUT2D eigenvalue weighted by Crippen LogP contribution is -2.21. The molecule has 1 atom stereocenters. The number of anilines is 1. The zero-order valence-corrected chi connectivity index (χ0v) is 11.0. The standard InChI is InChI=1S/C10H13N3O2S2/c1-6(14)17-7-2-3-13(4-7)10-12-8(5-16-10)9(11)15/h5,7H,2-4H2,1H3,(H2,11,15)/t7-/m0/s1. The quantitative estimate of drug-likeness (QED) is 0.891. The molecule has 1 aliphatic heterocycles. The fourth-order valence-corrected chi connectivity index (χ4v) is 3.55. The van der Waals surface area contributed by atoms with Crippen LogP contribution >= 0.6 is 23.1 Å². The fourth-order valence-electron chi connectivity index (χ4n) is 1.76. The van der Waals surface area contributed by atoms with Crippen molar-refractivity contribution in [2.75, 3.05) is 18.0 Å². The van der Waals surface area contributed by atoms with Crippen LogP contribution in [0.1, 0.15) is 23.8 Å². The van der Waals surface area contributed by atoms with Gasteiger partial charge in [-0.25, -0.2) is 4.98 Å². The molecule has 0 saturated carbocycles. The predicted octanol–water partition coefficient (Wildman–Crippen LogP) is 1.10. The number of thiazole rings is 1. The molecule has 1 amide bonds. The molecule has 0 aliphatic carbocycles. The summed E-state index contributed by atoms with van der Waals surface area (Å²) in [6.07, 6.45) is 0.968. The summed E-state index contributed by atoms with van der Waals surface area (Å²) >= 11 is 2.79. The molecule has 92 valence electrons. The van der Waals surface area contributed by atoms with Gasteiger partial charge in [-0.05, 0) is 6.42 Å². The van der Waals surface area contributed by atoms with E-state index in [4.69, 9.17) is 5.73 Å². The predicted molar refractivity (Wildman–Crippen MR) is 69.5 cm³/mol. The van der Waals surface area contributed by atoms with Crippen LogP contribution in [0.2, 0.25) is 0 Å². The number of primary amides is 1. The normalized spacial score (nSPS) is 19.6. The zero-order chi connectivity index (χ0) is 12.4. The molecule has 0 radical (unpaired) electrons. The number of rotatable bonds is 3. The van der Waals surface area contributed by atoms with Crippen LogP contribution in [0.3, 0.4) is 0 Å². The second kappa shape index (κ2) is 5.05. The molecule has 2 heterocycles. The Kier molecular flexibility index (Phi) is 3.68. The van der Waals surface area contributed by atoms with Crippen LogP contribution in [0.15, 0.2) is 5.38 Å². The fraction of sp³-hybridized carbons (Fsp3) is 0.500. The van der Waals surface area contributed by atoms with Gasteiger partial charge in [0, 0.05) is 30.6 Å². The first-order valence-corrected chi connectivity index (χ1v) is 6.99. The van der Waals surface area contributed by atoms with Crippen molar-refractivity contribution in [3.63, 3.8) is 0 Å². The van der Waals surface area contributed by atoms with Gasteiger partial charge in [0.05, 0.1) is 0 Å². The van der Waals surface area contributed by atoms with Gasteiger partial charge < -0.3 is 10.6 Å². The third-order valence-corrected chi connectivity index (χ3v) is 4.44. The van der Waals surface area contributed by atoms with Gasteiger partial charge in [-0.2, -0.15) is 0 Å². The molecule has 0 spiro atoms. The highest BCUT2D eigenvalue weighted by Crippen LogP contribution is 2.29. The molecule has 17 heavy (non-hydrogen) atoms. The van der Waals surface area contributed by atoms with E-state index in [-0.39, 0.29) is 5.12 Å². The first-order valence-electron chi connectivity index (χ1n) is 5.24. The smallest absolute Gasteiger partial charge is 0.268 e. The third-order valence-electron chi connectivity index (χ3n) is 2.49. The highest BCUT2D eigenvalue weighted by Gasteiger charge is 2.26. The molecule has 0 bridgehead atoms. The molecule has 1 saturated heterocycles. The van der Waals surface area contributed by atoms with Crippen molar-refractivity contribution in [2.24, 2.45) is 5.73 Å². The maximum atomic E-state index is 11.0. The summed E-state index contributed by atoms with van der Waals surface area (Å²) in [5, 5.41) is 2.95. The van der Waals surface area contributed by atoms with E-state index in [1.807, 2.05) is 0 Å². The molecule has 0 aromatic carbocycles. The van der Waals surface area contributed by atoms with Gasteiger partial charge in [-0.15, -0.1) is 11.3 Å². The Morgan fingerprint density at radius 1 is 1.65 bits per heavy atom. The number of hydrogen-bond donors (Lipinski definition) is 1. The van der Waals surface area contributed by atoms with Crippen LogP contribution in [0.5, 0.6) is 0 Å². The SMILES string of the molecule is CC(=O)S[C@H]1CCN(c2nc(C(N)=O)cs2)C1. The number of carbonyl (C=O) groups is 2. The van der Waals surface area contributed by atoms with Crippen molar-refractivity contribution in [2.45, 2.75) is 18.6 Å². The van der Waals surface area contributed by atoms with Gasteiger partial charge in [0.1, 0.15) is 5.69 Å². The first-order chi connectivity index (χ1) is 8.06. The topological polar surface area (TPSA) is 76.3 Å². The number of nitrogens with two attached hydrogens (primary N) is 1. The second-order valence-corrected chi connectivity index (χ2v) is 6.16. The van der Waals surface area contributed by atoms with E-state index in [1.54, 1.807) is 12.3 Å². The van der Waals surface area contributed by atoms with Crippen molar-refractivity contribution < 1.29 is 9.59 Å². The van der Waals surface area contributed by atoms with Gasteiger partial charge >= 0.3 is 0 Å². The molecule has 1 aliphatic rings. The highest BCUT2D eigenvalue weighted by molar-refractivity contribution is 8.14. The van der Waals surface area contributed by atoms with Crippen molar-refractivity contribution in [1.29, 1.82) is 0 Å². The average Bonchev–Trinajstić information content (AvgIpc) is 2.83. The summed E-state index contributed by atoms with van der Waals surface area (Å²) in [7, 11) is 0. The van der Waals surface area contributed by atoms with E-state index in [0.29, 0.717) is 10.9 Å². The second-order valence-electron chi connectivity index (χ2n) is 3.85. The summed E-state index contributed by atoms with van der Waals surface area (Å²) < 4.78 is 0. The maximum absolute atomic E-state index is 11.0. The van der Waals surface area contributed by atoms with Crippen molar-refractivity contribution in [3.8, 4) is 0 Å². The minimum absolute atomic E-state index is 0.147. The molecule has 5 nitrogen and oxygen atoms in total. The zero-order valence-electron chi connectivity index (χ0n) is 9.38. The van der Waals surface area contributed by atoms with E-state index in [0.717, 1.165) is 24.6 Å². The first kappa shape index (κ1) is 12.4. The number of nitrogens with zero attached hydrogens (tertiary/aromatic N) is 2. The highest BCUT2D eigenvalue weighted by atomic mass is 32.2. The molecule has 1 aromatic heterocycles. The number of carbonyl (C=O) groups excluding carboxylic acids is 2.